The molecule has 1 aliphatic rings. The van der Waals surface area contributed by atoms with Gasteiger partial charge in [-0.15, -0.1) is 0 Å². The minimum atomic E-state index is -0.325. The van der Waals surface area contributed by atoms with Crippen LogP contribution in [0.4, 0.5) is 4.39 Å². The molecule has 3 heterocycles. The molecule has 0 spiro atoms. The molecule has 142 valence electrons. The number of nitrogens with one attached hydrogen (secondary N) is 1. The number of nitrogens with zero attached hydrogens (tertiary/aromatic N) is 4. The smallest absolute Gasteiger partial charge is 0.148 e. The molecule has 2 atom stereocenters. The number of fused-ring (bicyclic) bond motifs is 1. The summed E-state index contributed by atoms with van der Waals surface area (Å²) in [7, 11) is 0. The third-order valence-electron chi connectivity index (χ3n) is 4.65. The molecule has 0 radical (unpaired) electrons. The number of ether oxygens (including phenoxy) is 1. The molecule has 1 saturated heterocycles. The predicted octanol–water partition coefficient (Wildman–Crippen LogP) is 1.87. The quantitative estimate of drug-likeness (QED) is 0.691. The molecule has 0 unspecified atom stereocenters. The highest BCUT2D eigenvalue weighted by Gasteiger charge is 2.23. The summed E-state index contributed by atoms with van der Waals surface area (Å²) >= 11 is 5.86. The average Bonchev–Trinajstić information content (AvgIpc) is 3.00. The van der Waals surface area contributed by atoms with Gasteiger partial charge in [-0.2, -0.15) is 0 Å². The summed E-state index contributed by atoms with van der Waals surface area (Å²) in [5.74, 6) is 0.913. The zero-order valence-corrected chi connectivity index (χ0v) is 15.4. The van der Waals surface area contributed by atoms with Crippen molar-refractivity contribution < 1.29 is 9.13 Å². The molecular weight excluding hydrogens is 371 g/mol. The Morgan fingerprint density at radius 1 is 1.33 bits per heavy atom. The van der Waals surface area contributed by atoms with Gasteiger partial charge in [0.1, 0.15) is 24.1 Å². The van der Waals surface area contributed by atoms with E-state index in [-0.39, 0.29) is 24.6 Å². The van der Waals surface area contributed by atoms with Gasteiger partial charge in [-0.25, -0.2) is 19.3 Å². The lowest BCUT2D eigenvalue weighted by Crippen LogP contribution is -2.50. The highest BCUT2D eigenvalue weighted by atomic mass is 35.5. The van der Waals surface area contributed by atoms with Crippen LogP contribution < -0.4 is 11.1 Å². The van der Waals surface area contributed by atoms with E-state index in [1.54, 1.807) is 6.07 Å². The van der Waals surface area contributed by atoms with Crippen molar-refractivity contribution in [1.82, 2.24) is 24.8 Å². The molecule has 0 bridgehead atoms. The molecule has 3 N–H and O–H groups in total. The fourth-order valence-electron chi connectivity index (χ4n) is 3.24. The molecule has 0 amide bonds. The van der Waals surface area contributed by atoms with Crippen LogP contribution in [0.2, 0.25) is 5.02 Å². The van der Waals surface area contributed by atoms with Crippen LogP contribution in [-0.4, -0.2) is 44.8 Å². The molecule has 1 fully saturated rings. The van der Waals surface area contributed by atoms with Gasteiger partial charge in [-0.1, -0.05) is 11.6 Å². The van der Waals surface area contributed by atoms with Crippen LogP contribution in [0.25, 0.3) is 11.0 Å². The number of piperidine rings is 1. The number of hydrogen-bond acceptors (Lipinski definition) is 6. The number of benzene rings is 1. The Kier molecular flexibility index (Phi) is 5.31. The highest BCUT2D eigenvalue weighted by molar-refractivity contribution is 6.30. The lowest BCUT2D eigenvalue weighted by atomic mass is 10.1. The van der Waals surface area contributed by atoms with Gasteiger partial charge in [0, 0.05) is 25.0 Å². The van der Waals surface area contributed by atoms with Crippen molar-refractivity contribution >= 4 is 22.6 Å². The standard InChI is InChI=1S/C18H20ClFN6O/c19-11-6-23-17(24-7-11)9-26-15-5-12(20)1-2-14(15)25-18(26)10-27-16-3-4-22-8-13(16)21/h1-2,5-7,13,16,22H,3-4,8-10,21H2/t13-,16-/m1/s1. The van der Waals surface area contributed by atoms with Crippen LogP contribution >= 0.6 is 11.6 Å². The summed E-state index contributed by atoms with van der Waals surface area (Å²) in [4.78, 5) is 13.1. The maximum Gasteiger partial charge on any atom is 0.148 e. The molecule has 1 aromatic carbocycles. The third-order valence-corrected chi connectivity index (χ3v) is 4.85. The number of rotatable bonds is 5. The molecule has 7 nitrogen and oxygen atoms in total. The number of imidazole rings is 1. The molecule has 27 heavy (non-hydrogen) atoms. The van der Waals surface area contributed by atoms with Crippen molar-refractivity contribution in [2.45, 2.75) is 31.7 Å². The maximum absolute atomic E-state index is 13.8. The van der Waals surface area contributed by atoms with E-state index in [0.29, 0.717) is 34.2 Å². The van der Waals surface area contributed by atoms with E-state index in [2.05, 4.69) is 20.3 Å². The molecule has 0 aliphatic carbocycles. The Morgan fingerprint density at radius 3 is 2.93 bits per heavy atom. The summed E-state index contributed by atoms with van der Waals surface area (Å²) in [6.45, 7) is 2.22. The Balaban J connectivity index is 1.63. The fourth-order valence-corrected chi connectivity index (χ4v) is 3.34. The number of aromatic nitrogens is 4. The first kappa shape index (κ1) is 18.2. The van der Waals surface area contributed by atoms with Gasteiger partial charge in [-0.3, -0.25) is 0 Å². The number of halogens is 2. The van der Waals surface area contributed by atoms with Gasteiger partial charge < -0.3 is 20.4 Å². The number of hydrogen-bond donors (Lipinski definition) is 2. The minimum Gasteiger partial charge on any atom is -0.369 e. The first-order chi connectivity index (χ1) is 13.1. The molecule has 0 saturated carbocycles. The highest BCUT2D eigenvalue weighted by Crippen LogP contribution is 2.20. The summed E-state index contributed by atoms with van der Waals surface area (Å²) < 4.78 is 21.7. The van der Waals surface area contributed by atoms with Crippen LogP contribution in [-0.2, 0) is 17.9 Å². The van der Waals surface area contributed by atoms with E-state index in [0.717, 1.165) is 19.5 Å². The van der Waals surface area contributed by atoms with E-state index >= 15 is 0 Å². The molecule has 4 rings (SSSR count). The summed E-state index contributed by atoms with van der Waals surface area (Å²) in [5.41, 5.74) is 7.48. The Hall–Kier alpha value is -2.13. The first-order valence-corrected chi connectivity index (χ1v) is 9.17. The maximum atomic E-state index is 13.8. The van der Waals surface area contributed by atoms with Crippen molar-refractivity contribution in [3.8, 4) is 0 Å². The Labute approximate surface area is 160 Å². The Bertz CT molecular complexity index is 931. The van der Waals surface area contributed by atoms with Crippen LogP contribution in [0.3, 0.4) is 0 Å². The minimum absolute atomic E-state index is 0.0389. The first-order valence-electron chi connectivity index (χ1n) is 8.79. The lowest BCUT2D eigenvalue weighted by Gasteiger charge is -2.29. The molecule has 3 aromatic rings. The van der Waals surface area contributed by atoms with Gasteiger partial charge >= 0.3 is 0 Å². The van der Waals surface area contributed by atoms with Gasteiger partial charge in [-0.05, 0) is 31.2 Å². The van der Waals surface area contributed by atoms with Crippen LogP contribution in [0.15, 0.2) is 30.6 Å². The van der Waals surface area contributed by atoms with Crippen molar-refractivity contribution in [2.75, 3.05) is 13.1 Å². The summed E-state index contributed by atoms with van der Waals surface area (Å²) in [5, 5.41) is 3.71. The number of nitrogens with two attached hydrogens (primary N) is 1. The summed E-state index contributed by atoms with van der Waals surface area (Å²) in [6, 6.07) is 4.45. The second-order valence-corrected chi connectivity index (χ2v) is 7.01. The molecule has 9 heteroatoms. The molecular formula is C18H20ClFN6O. The zero-order chi connectivity index (χ0) is 18.8. The normalized spacial score (nSPS) is 20.3. The summed E-state index contributed by atoms with van der Waals surface area (Å²) in [6.07, 6.45) is 3.88. The fraction of sp³-hybridized carbons (Fsp3) is 0.389. The van der Waals surface area contributed by atoms with Crippen molar-refractivity contribution in [2.24, 2.45) is 5.73 Å². The van der Waals surface area contributed by atoms with Crippen molar-refractivity contribution in [1.29, 1.82) is 0 Å². The van der Waals surface area contributed by atoms with E-state index in [1.165, 1.54) is 24.5 Å². The van der Waals surface area contributed by atoms with Gasteiger partial charge in [0.25, 0.3) is 0 Å². The third kappa shape index (κ3) is 4.08. The van der Waals surface area contributed by atoms with Gasteiger partial charge in [0.15, 0.2) is 0 Å². The van der Waals surface area contributed by atoms with Crippen molar-refractivity contribution in [3.05, 3.63) is 53.1 Å². The topological polar surface area (TPSA) is 90.9 Å². The van der Waals surface area contributed by atoms with Gasteiger partial charge in [0.05, 0.1) is 28.7 Å². The zero-order valence-electron chi connectivity index (χ0n) is 14.6. The monoisotopic (exact) mass is 390 g/mol. The predicted molar refractivity (Wildman–Crippen MR) is 99.9 cm³/mol. The second-order valence-electron chi connectivity index (χ2n) is 6.57. The van der Waals surface area contributed by atoms with E-state index in [4.69, 9.17) is 22.1 Å². The second kappa shape index (κ2) is 7.85. The van der Waals surface area contributed by atoms with E-state index < -0.39 is 0 Å². The SMILES string of the molecule is N[C@@H]1CNCC[C@H]1OCc1nc2ccc(F)cc2n1Cc1ncc(Cl)cn1. The lowest BCUT2D eigenvalue weighted by molar-refractivity contribution is 0.00475. The van der Waals surface area contributed by atoms with E-state index in [1.807, 2.05) is 4.57 Å². The largest absolute Gasteiger partial charge is 0.369 e. The van der Waals surface area contributed by atoms with Crippen LogP contribution in [0.5, 0.6) is 0 Å². The van der Waals surface area contributed by atoms with Crippen LogP contribution in [0.1, 0.15) is 18.1 Å². The molecule has 2 aromatic heterocycles. The van der Waals surface area contributed by atoms with E-state index in [9.17, 15) is 4.39 Å². The Morgan fingerprint density at radius 2 is 2.15 bits per heavy atom. The van der Waals surface area contributed by atoms with Gasteiger partial charge in [0.2, 0.25) is 0 Å². The van der Waals surface area contributed by atoms with Crippen LogP contribution in [0, 0.1) is 5.82 Å². The average molecular weight is 391 g/mol. The van der Waals surface area contributed by atoms with Crippen molar-refractivity contribution in [3.63, 3.8) is 0 Å². The molecule has 1 aliphatic heterocycles.